The van der Waals surface area contributed by atoms with Crippen molar-refractivity contribution in [2.45, 2.75) is 19.9 Å². The molecule has 1 aliphatic heterocycles. The van der Waals surface area contributed by atoms with Gasteiger partial charge in [-0.3, -0.25) is 14.9 Å². The monoisotopic (exact) mass is 447 g/mol. The van der Waals surface area contributed by atoms with Gasteiger partial charge in [0.05, 0.1) is 12.3 Å². The Kier molecular flexibility index (Phi) is 6.35. The first-order chi connectivity index (χ1) is 15.9. The Morgan fingerprint density at radius 1 is 1.03 bits per heavy atom. The summed E-state index contributed by atoms with van der Waals surface area (Å²) in [4.78, 5) is 38.4. The van der Waals surface area contributed by atoms with Gasteiger partial charge in [0.2, 0.25) is 0 Å². The van der Waals surface area contributed by atoms with Gasteiger partial charge in [-0.15, -0.1) is 0 Å². The summed E-state index contributed by atoms with van der Waals surface area (Å²) in [5, 5.41) is 2.17. The second-order valence-corrected chi connectivity index (χ2v) is 7.58. The lowest BCUT2D eigenvalue weighted by Gasteiger charge is -2.26. The summed E-state index contributed by atoms with van der Waals surface area (Å²) in [6.07, 6.45) is 3.99. The van der Waals surface area contributed by atoms with E-state index >= 15 is 0 Å². The lowest BCUT2D eigenvalue weighted by Crippen LogP contribution is -2.54. The number of halogens is 1. The molecule has 0 atom stereocenters. The summed E-state index contributed by atoms with van der Waals surface area (Å²) in [6, 6.07) is 15.4. The molecule has 0 aliphatic carbocycles. The topological polar surface area (TPSA) is 80.6 Å². The van der Waals surface area contributed by atoms with E-state index in [1.54, 1.807) is 6.07 Å². The zero-order valence-electron chi connectivity index (χ0n) is 18.0. The van der Waals surface area contributed by atoms with Gasteiger partial charge in [0, 0.05) is 18.4 Å². The Labute approximate surface area is 190 Å². The molecular formula is C25H22FN3O4. The fraction of sp³-hybridized carbons (Fsp3) is 0.160. The molecule has 8 heteroatoms. The fourth-order valence-electron chi connectivity index (χ4n) is 3.52. The number of aromatic nitrogens is 1. The molecule has 2 heterocycles. The van der Waals surface area contributed by atoms with E-state index in [1.807, 2.05) is 48.0 Å². The number of benzene rings is 2. The Balaban J connectivity index is 1.47. The number of imide groups is 2. The number of aryl methyl sites for hydroxylation is 2. The molecule has 3 aromatic rings. The Morgan fingerprint density at radius 3 is 2.58 bits per heavy atom. The molecule has 0 unspecified atom stereocenters. The van der Waals surface area contributed by atoms with Crippen molar-refractivity contribution in [3.05, 3.63) is 89.5 Å². The van der Waals surface area contributed by atoms with Crippen molar-refractivity contribution in [2.24, 2.45) is 0 Å². The van der Waals surface area contributed by atoms with Crippen molar-refractivity contribution in [1.82, 2.24) is 9.88 Å². The van der Waals surface area contributed by atoms with E-state index in [4.69, 9.17) is 4.74 Å². The van der Waals surface area contributed by atoms with E-state index < -0.39 is 23.7 Å². The normalized spacial score (nSPS) is 15.2. The molecule has 1 fully saturated rings. The molecule has 0 radical (unpaired) electrons. The first kappa shape index (κ1) is 22.0. The van der Waals surface area contributed by atoms with Crippen molar-refractivity contribution in [1.29, 1.82) is 0 Å². The molecule has 0 bridgehead atoms. The zero-order valence-corrected chi connectivity index (χ0v) is 18.0. The lowest BCUT2D eigenvalue weighted by molar-refractivity contribution is -0.122. The van der Waals surface area contributed by atoms with Crippen molar-refractivity contribution >= 4 is 29.6 Å². The number of nitrogens with one attached hydrogen (secondary N) is 1. The van der Waals surface area contributed by atoms with E-state index in [2.05, 4.69) is 5.32 Å². The molecule has 2 aromatic carbocycles. The van der Waals surface area contributed by atoms with Gasteiger partial charge in [0.1, 0.15) is 17.1 Å². The van der Waals surface area contributed by atoms with Gasteiger partial charge < -0.3 is 9.30 Å². The minimum Gasteiger partial charge on any atom is -0.494 e. The SMILES string of the molecule is Cc1cccc(OCCCn2cccc2C=C2C(=O)NC(=O)N(c3ccc(F)cc3)C2=O)c1. The molecule has 0 saturated carbocycles. The molecule has 1 N–H and O–H groups in total. The van der Waals surface area contributed by atoms with E-state index in [-0.39, 0.29) is 11.3 Å². The average molecular weight is 447 g/mol. The van der Waals surface area contributed by atoms with Gasteiger partial charge in [0.15, 0.2) is 0 Å². The maximum atomic E-state index is 13.2. The highest BCUT2D eigenvalue weighted by Gasteiger charge is 2.36. The standard InChI is InChI=1S/C25H22FN3O4/c1-17-5-2-7-21(15-17)33-14-4-13-28-12-3-6-20(28)16-22-23(30)27-25(32)29(24(22)31)19-10-8-18(26)9-11-19/h2-3,5-12,15-16H,4,13-14H2,1H3,(H,27,30,32). The number of anilines is 1. The summed E-state index contributed by atoms with van der Waals surface area (Å²) in [5.41, 5.74) is 1.74. The number of urea groups is 1. The van der Waals surface area contributed by atoms with Crippen molar-refractivity contribution in [3.8, 4) is 5.75 Å². The Bertz CT molecular complexity index is 1230. The van der Waals surface area contributed by atoms with Crippen LogP contribution in [0, 0.1) is 12.7 Å². The number of ether oxygens (including phenoxy) is 1. The second kappa shape index (κ2) is 9.52. The summed E-state index contributed by atoms with van der Waals surface area (Å²) >= 11 is 0. The van der Waals surface area contributed by atoms with Crippen LogP contribution in [0.3, 0.4) is 0 Å². The van der Waals surface area contributed by atoms with Crippen LogP contribution < -0.4 is 15.0 Å². The van der Waals surface area contributed by atoms with Gasteiger partial charge in [-0.25, -0.2) is 14.1 Å². The minimum atomic E-state index is -0.877. The van der Waals surface area contributed by atoms with Crippen molar-refractivity contribution in [2.75, 3.05) is 11.5 Å². The fourth-order valence-corrected chi connectivity index (χ4v) is 3.52. The van der Waals surface area contributed by atoms with Gasteiger partial charge in [-0.1, -0.05) is 12.1 Å². The van der Waals surface area contributed by atoms with Crippen molar-refractivity contribution < 1.29 is 23.5 Å². The molecule has 4 amide bonds. The van der Waals surface area contributed by atoms with Gasteiger partial charge >= 0.3 is 6.03 Å². The van der Waals surface area contributed by atoms with E-state index in [0.717, 1.165) is 28.3 Å². The number of amides is 4. The van der Waals surface area contributed by atoms with Crippen LogP contribution in [0.5, 0.6) is 5.75 Å². The van der Waals surface area contributed by atoms with Gasteiger partial charge in [0.25, 0.3) is 11.8 Å². The third kappa shape index (κ3) is 5.01. The van der Waals surface area contributed by atoms with E-state index in [0.29, 0.717) is 25.3 Å². The highest BCUT2D eigenvalue weighted by atomic mass is 19.1. The van der Waals surface area contributed by atoms with Crippen LogP contribution in [0.4, 0.5) is 14.9 Å². The van der Waals surface area contributed by atoms with Crippen LogP contribution in [0.2, 0.25) is 0 Å². The van der Waals surface area contributed by atoms with Crippen LogP contribution in [-0.4, -0.2) is 29.0 Å². The van der Waals surface area contributed by atoms with Gasteiger partial charge in [-0.05, 0) is 73.5 Å². The number of hydrogen-bond acceptors (Lipinski definition) is 4. The average Bonchev–Trinajstić information content (AvgIpc) is 3.22. The molecule has 1 aromatic heterocycles. The highest BCUT2D eigenvalue weighted by Crippen LogP contribution is 2.22. The number of carbonyl (C=O) groups excluding carboxylic acids is 3. The predicted octanol–water partition coefficient (Wildman–Crippen LogP) is 4.07. The van der Waals surface area contributed by atoms with Crippen LogP contribution in [-0.2, 0) is 16.1 Å². The number of hydrogen-bond donors (Lipinski definition) is 1. The highest BCUT2D eigenvalue weighted by molar-refractivity contribution is 6.39. The minimum absolute atomic E-state index is 0.168. The summed E-state index contributed by atoms with van der Waals surface area (Å²) in [5.74, 6) is -1.25. The van der Waals surface area contributed by atoms with Crippen LogP contribution in [0.15, 0.2) is 72.4 Å². The number of rotatable bonds is 7. The van der Waals surface area contributed by atoms with Crippen LogP contribution in [0.25, 0.3) is 6.08 Å². The summed E-state index contributed by atoms with van der Waals surface area (Å²) < 4.78 is 20.9. The Morgan fingerprint density at radius 2 is 1.82 bits per heavy atom. The molecule has 33 heavy (non-hydrogen) atoms. The third-order valence-corrected chi connectivity index (χ3v) is 5.14. The van der Waals surface area contributed by atoms with E-state index in [9.17, 15) is 18.8 Å². The molecule has 7 nitrogen and oxygen atoms in total. The van der Waals surface area contributed by atoms with Crippen molar-refractivity contribution in [3.63, 3.8) is 0 Å². The van der Waals surface area contributed by atoms with Gasteiger partial charge in [-0.2, -0.15) is 0 Å². The number of nitrogens with zero attached hydrogens (tertiary/aromatic N) is 2. The Hall–Kier alpha value is -4.20. The molecule has 0 spiro atoms. The first-order valence-electron chi connectivity index (χ1n) is 10.4. The quantitative estimate of drug-likeness (QED) is 0.336. The summed E-state index contributed by atoms with van der Waals surface area (Å²) in [7, 11) is 0. The maximum absolute atomic E-state index is 13.2. The number of carbonyl (C=O) groups is 3. The zero-order chi connectivity index (χ0) is 23.4. The molecule has 4 rings (SSSR count). The largest absolute Gasteiger partial charge is 0.494 e. The molecule has 1 saturated heterocycles. The predicted molar refractivity (Wildman–Crippen MR) is 121 cm³/mol. The smallest absolute Gasteiger partial charge is 0.335 e. The summed E-state index contributed by atoms with van der Waals surface area (Å²) in [6.45, 7) is 3.11. The molecule has 168 valence electrons. The molecule has 1 aliphatic rings. The van der Waals surface area contributed by atoms with Crippen LogP contribution in [0.1, 0.15) is 17.7 Å². The second-order valence-electron chi connectivity index (χ2n) is 7.58. The van der Waals surface area contributed by atoms with Crippen LogP contribution >= 0.6 is 0 Å². The first-order valence-corrected chi connectivity index (χ1v) is 10.4. The van der Waals surface area contributed by atoms with E-state index in [1.165, 1.54) is 18.2 Å². The molecular weight excluding hydrogens is 425 g/mol. The number of barbiturate groups is 1. The third-order valence-electron chi connectivity index (χ3n) is 5.14. The maximum Gasteiger partial charge on any atom is 0.335 e. The lowest BCUT2D eigenvalue weighted by atomic mass is 10.1.